The first kappa shape index (κ1) is 63.4. The van der Waals surface area contributed by atoms with Crippen LogP contribution >= 0.6 is 0 Å². The van der Waals surface area contributed by atoms with Gasteiger partial charge in [0, 0.05) is 26.1 Å². The van der Waals surface area contributed by atoms with Crippen LogP contribution in [0.25, 0.3) is 0 Å². The lowest BCUT2D eigenvalue weighted by molar-refractivity contribution is -0.145. The minimum Gasteiger partial charge on any atom is -0.481 e. The summed E-state index contributed by atoms with van der Waals surface area (Å²) in [6.07, 6.45) is -5.60. The molecule has 0 bridgehead atoms. The Hall–Kier alpha value is -8.59. The van der Waals surface area contributed by atoms with E-state index in [2.05, 4.69) is 46.9 Å². The van der Waals surface area contributed by atoms with Crippen LogP contribution in [-0.2, 0) is 57.5 Å². The molecular formula is C38H66N18O16. The van der Waals surface area contributed by atoms with Crippen LogP contribution in [0.5, 0.6) is 0 Å². The van der Waals surface area contributed by atoms with E-state index in [0.29, 0.717) is 0 Å². The molecule has 0 aliphatic heterocycles. The summed E-state index contributed by atoms with van der Waals surface area (Å²) in [5.74, 6) is -17.0. The Balaban J connectivity index is 7.00. The van der Waals surface area contributed by atoms with E-state index >= 15 is 0 Å². The van der Waals surface area contributed by atoms with Gasteiger partial charge < -0.3 is 104 Å². The number of hydrogen-bond acceptors (Lipinski definition) is 16. The van der Waals surface area contributed by atoms with Crippen molar-refractivity contribution in [3.8, 4) is 0 Å². The normalized spacial score (nSPS) is 13.9. The van der Waals surface area contributed by atoms with Gasteiger partial charge in [-0.05, 0) is 51.9 Å². The van der Waals surface area contributed by atoms with Gasteiger partial charge in [-0.15, -0.1) is 0 Å². The summed E-state index contributed by atoms with van der Waals surface area (Å²) in [6, 6.07) is -13.8. The molecule has 0 rings (SSSR count). The Morgan fingerprint density at radius 2 is 0.667 bits per heavy atom. The number of carbonyl (C=O) groups is 12. The minimum absolute atomic E-state index is 0.00102. The van der Waals surface area contributed by atoms with Gasteiger partial charge in [0.1, 0.15) is 42.3 Å². The molecule has 8 atom stereocenters. The number of carboxylic acids is 4. The second kappa shape index (κ2) is 33.0. The van der Waals surface area contributed by atoms with Crippen LogP contribution < -0.4 is 83.1 Å². The number of primary amides is 1. The molecule has 27 N–H and O–H groups in total. The molecule has 34 nitrogen and oxygen atoms in total. The molecule has 0 unspecified atom stereocenters. The van der Waals surface area contributed by atoms with Crippen molar-refractivity contribution in [2.24, 2.45) is 60.8 Å². The van der Waals surface area contributed by atoms with Gasteiger partial charge in [-0.2, -0.15) is 0 Å². The number of nitrogens with zero attached hydrogens (tertiary/aromatic N) is 3. The molecule has 0 radical (unpaired) electrons. The fourth-order valence-corrected chi connectivity index (χ4v) is 5.96. The number of guanidine groups is 3. The number of carboxylic acid groups (broad SMARTS) is 4. The summed E-state index contributed by atoms with van der Waals surface area (Å²) in [4.78, 5) is 164. The standard InChI is InChI=1S/C38H66N18O16/c1-16(39)28(64)50-17(5-2-10-47-36(41)42)29(65)53-20(8-9-25(58)59)32(68)55-21(14-26(60)61)33(69)52-18(6-3-11-48-37(43)44)30(66)51-19(7-4-12-49-38(45)46)31(67)54-22(15-27(62)63)34(70)56-23(35(71)72)13-24(40)57/h16-23H,2-15,39H2,1H3,(H2,40,57)(H,50,64)(H,51,66)(H,52,69)(H,53,65)(H,54,67)(H,55,68)(H,56,70)(H,58,59)(H,60,61)(H,62,63)(H,71,72)(H4,41,42,47)(H4,43,44,48)(H4,45,46,49)/t16-,17-,18-,19-,20-,21-,22-,23-/m0/s1. The highest BCUT2D eigenvalue weighted by molar-refractivity contribution is 5.99. The Kier molecular flexibility index (Phi) is 29.1. The lowest BCUT2D eigenvalue weighted by atomic mass is 10.0. The second-order valence-corrected chi connectivity index (χ2v) is 15.7. The van der Waals surface area contributed by atoms with E-state index in [4.69, 9.17) is 45.9 Å². The Morgan fingerprint density at radius 3 is 0.931 bits per heavy atom. The van der Waals surface area contributed by atoms with E-state index in [1.807, 2.05) is 5.32 Å². The van der Waals surface area contributed by atoms with Crippen molar-refractivity contribution >= 4 is 89.0 Å². The van der Waals surface area contributed by atoms with Crippen molar-refractivity contribution in [1.29, 1.82) is 0 Å². The molecule has 0 saturated heterocycles. The van der Waals surface area contributed by atoms with Crippen LogP contribution in [0.3, 0.4) is 0 Å². The molecule has 0 aliphatic rings. The summed E-state index contributed by atoms with van der Waals surface area (Å²) in [5.41, 5.74) is 42.9. The molecule has 404 valence electrons. The zero-order chi connectivity index (χ0) is 55.2. The van der Waals surface area contributed by atoms with Crippen LogP contribution in [-0.4, -0.2) is 177 Å². The molecule has 0 aromatic rings. The van der Waals surface area contributed by atoms with E-state index in [0.717, 1.165) is 0 Å². The van der Waals surface area contributed by atoms with Crippen LogP contribution in [0, 0.1) is 0 Å². The van der Waals surface area contributed by atoms with Crippen molar-refractivity contribution in [2.45, 2.75) is 126 Å². The van der Waals surface area contributed by atoms with E-state index in [1.54, 1.807) is 0 Å². The van der Waals surface area contributed by atoms with Gasteiger partial charge in [-0.3, -0.25) is 67.7 Å². The molecule has 34 heteroatoms. The second-order valence-electron chi connectivity index (χ2n) is 15.7. The van der Waals surface area contributed by atoms with Gasteiger partial charge in [0.2, 0.25) is 47.3 Å². The van der Waals surface area contributed by atoms with Crippen molar-refractivity contribution < 1.29 is 78.0 Å². The maximum atomic E-state index is 14.0. The molecular weight excluding hydrogens is 965 g/mol. The monoisotopic (exact) mass is 1030 g/mol. The van der Waals surface area contributed by atoms with Crippen LogP contribution in [0.15, 0.2) is 15.0 Å². The van der Waals surface area contributed by atoms with Crippen LogP contribution in [0.1, 0.15) is 77.6 Å². The van der Waals surface area contributed by atoms with Gasteiger partial charge in [0.05, 0.1) is 25.3 Å². The summed E-state index contributed by atoms with van der Waals surface area (Å²) in [5, 5.41) is 53.5. The van der Waals surface area contributed by atoms with E-state index in [-0.39, 0.29) is 76.0 Å². The summed E-state index contributed by atoms with van der Waals surface area (Å²) >= 11 is 0. The maximum Gasteiger partial charge on any atom is 0.326 e. The minimum atomic E-state index is -2.07. The first-order chi connectivity index (χ1) is 33.5. The number of nitrogens with one attached hydrogen (secondary N) is 7. The van der Waals surface area contributed by atoms with E-state index < -0.39 is 152 Å². The van der Waals surface area contributed by atoms with Gasteiger partial charge in [0.15, 0.2) is 17.9 Å². The molecule has 0 aromatic heterocycles. The average molecular weight is 1030 g/mol. The molecule has 0 aromatic carbocycles. The van der Waals surface area contributed by atoms with Crippen molar-refractivity contribution in [3.05, 3.63) is 0 Å². The summed E-state index contributed by atoms with van der Waals surface area (Å²) < 4.78 is 0. The fourth-order valence-electron chi connectivity index (χ4n) is 5.96. The SMILES string of the molecule is C[C@H](N)C(=O)N[C@@H](CCCN=C(N)N)C(=O)N[C@@H](CCC(=O)O)C(=O)N[C@@H](CC(=O)O)C(=O)N[C@@H](CCCN=C(N)N)C(=O)N[C@@H](CCCN=C(N)N)C(=O)N[C@@H](CC(=O)O)C(=O)N[C@@H](CC(N)=O)C(=O)O. The number of nitrogens with two attached hydrogens (primary N) is 8. The van der Waals surface area contributed by atoms with Crippen LogP contribution in [0.4, 0.5) is 0 Å². The van der Waals surface area contributed by atoms with Crippen molar-refractivity contribution in [3.63, 3.8) is 0 Å². The zero-order valence-corrected chi connectivity index (χ0v) is 39.2. The number of aliphatic imine (C=N–C) groups is 3. The third-order valence-corrected chi connectivity index (χ3v) is 9.47. The molecule has 0 spiro atoms. The Bertz CT molecular complexity index is 2040. The van der Waals surface area contributed by atoms with Gasteiger partial charge in [-0.1, -0.05) is 0 Å². The van der Waals surface area contributed by atoms with Crippen LogP contribution in [0.2, 0.25) is 0 Å². The Morgan fingerprint density at radius 1 is 0.389 bits per heavy atom. The smallest absolute Gasteiger partial charge is 0.326 e. The molecule has 0 saturated carbocycles. The number of rotatable bonds is 36. The number of amides is 8. The summed E-state index contributed by atoms with van der Waals surface area (Å²) in [6.45, 7) is 0.994. The number of hydrogen-bond donors (Lipinski definition) is 19. The quantitative estimate of drug-likeness (QED) is 0.0157. The first-order valence-corrected chi connectivity index (χ1v) is 21.7. The Labute approximate surface area is 410 Å². The third kappa shape index (κ3) is 28.0. The maximum absolute atomic E-state index is 14.0. The summed E-state index contributed by atoms with van der Waals surface area (Å²) in [7, 11) is 0. The van der Waals surface area contributed by atoms with Gasteiger partial charge in [0.25, 0.3) is 0 Å². The molecule has 72 heavy (non-hydrogen) atoms. The predicted molar refractivity (Wildman–Crippen MR) is 250 cm³/mol. The number of aliphatic carboxylic acids is 4. The fraction of sp³-hybridized carbons (Fsp3) is 0.605. The highest BCUT2D eigenvalue weighted by Crippen LogP contribution is 2.09. The highest BCUT2D eigenvalue weighted by atomic mass is 16.4. The molecule has 8 amide bonds. The topological polar surface area (TPSA) is 615 Å². The third-order valence-electron chi connectivity index (χ3n) is 9.47. The van der Waals surface area contributed by atoms with E-state index in [1.165, 1.54) is 6.92 Å². The first-order valence-electron chi connectivity index (χ1n) is 21.7. The van der Waals surface area contributed by atoms with Gasteiger partial charge in [-0.25, -0.2) is 4.79 Å². The van der Waals surface area contributed by atoms with Crippen molar-refractivity contribution in [1.82, 2.24) is 37.2 Å². The largest absolute Gasteiger partial charge is 0.481 e. The lowest BCUT2D eigenvalue weighted by Gasteiger charge is -2.27. The van der Waals surface area contributed by atoms with Gasteiger partial charge >= 0.3 is 23.9 Å². The molecule has 0 fully saturated rings. The molecule has 0 aliphatic carbocycles. The highest BCUT2D eigenvalue weighted by Gasteiger charge is 2.35. The average Bonchev–Trinajstić information content (AvgIpc) is 3.25. The molecule has 0 heterocycles. The predicted octanol–water partition coefficient (Wildman–Crippen LogP) is -9.34. The zero-order valence-electron chi connectivity index (χ0n) is 39.2. The number of carbonyl (C=O) groups excluding carboxylic acids is 8. The van der Waals surface area contributed by atoms with Crippen molar-refractivity contribution in [2.75, 3.05) is 19.6 Å². The van der Waals surface area contributed by atoms with E-state index in [9.17, 15) is 78.0 Å². The lowest BCUT2D eigenvalue weighted by Crippen LogP contribution is -2.60.